The Morgan fingerprint density at radius 3 is 2.73 bits per heavy atom. The number of tetrazole rings is 1. The summed E-state index contributed by atoms with van der Waals surface area (Å²) >= 11 is 0. The van der Waals surface area contributed by atoms with E-state index in [2.05, 4.69) is 31.7 Å². The molecule has 0 saturated carbocycles. The number of hydrogen-bond donors (Lipinski definition) is 0. The molecule has 0 unspecified atom stereocenters. The van der Waals surface area contributed by atoms with Crippen molar-refractivity contribution in [3.8, 4) is 11.9 Å². The van der Waals surface area contributed by atoms with Gasteiger partial charge in [-0.15, -0.1) is 5.10 Å². The van der Waals surface area contributed by atoms with Gasteiger partial charge in [-0.1, -0.05) is 0 Å². The number of halogens is 1. The average Bonchev–Trinajstić information content (AvgIpc) is 3.45. The van der Waals surface area contributed by atoms with Crippen LogP contribution in [-0.2, 0) is 6.54 Å². The molecule has 1 aliphatic heterocycles. The molecule has 10 heteroatoms. The number of likely N-dealkylation sites (tertiary alicyclic amines) is 1. The molecule has 4 heterocycles. The summed E-state index contributed by atoms with van der Waals surface area (Å²) in [6, 6.07) is 5.11. The second kappa shape index (κ2) is 7.51. The Morgan fingerprint density at radius 2 is 2.03 bits per heavy atom. The van der Waals surface area contributed by atoms with Crippen molar-refractivity contribution in [3.63, 3.8) is 0 Å². The lowest BCUT2D eigenvalue weighted by Gasteiger charge is -2.27. The third-order valence-electron chi connectivity index (χ3n) is 5.52. The number of benzene rings is 1. The van der Waals surface area contributed by atoms with E-state index in [4.69, 9.17) is 5.26 Å². The van der Waals surface area contributed by atoms with Crippen molar-refractivity contribution in [2.75, 3.05) is 13.1 Å². The number of aromatic nitrogens is 7. The van der Waals surface area contributed by atoms with Crippen LogP contribution in [0.5, 0.6) is 0 Å². The van der Waals surface area contributed by atoms with Gasteiger partial charge in [-0.05, 0) is 35.4 Å². The first-order valence-corrected chi connectivity index (χ1v) is 9.68. The molecule has 3 aromatic heterocycles. The van der Waals surface area contributed by atoms with E-state index >= 15 is 0 Å². The maximum Gasteiger partial charge on any atom is 0.179 e. The van der Waals surface area contributed by atoms with Crippen LogP contribution in [0.1, 0.15) is 30.1 Å². The van der Waals surface area contributed by atoms with Crippen LogP contribution in [0.2, 0.25) is 0 Å². The fraction of sp³-hybridized carbons (Fsp3) is 0.300. The van der Waals surface area contributed by atoms with E-state index in [9.17, 15) is 4.39 Å². The molecular formula is C20H18FN9. The van der Waals surface area contributed by atoms with Gasteiger partial charge in [-0.25, -0.2) is 9.07 Å². The van der Waals surface area contributed by atoms with Gasteiger partial charge in [0.1, 0.15) is 12.1 Å². The van der Waals surface area contributed by atoms with Crippen molar-refractivity contribution in [2.24, 2.45) is 0 Å². The van der Waals surface area contributed by atoms with Crippen LogP contribution < -0.4 is 0 Å². The number of piperidine rings is 1. The Hall–Kier alpha value is -3.87. The van der Waals surface area contributed by atoms with Crippen LogP contribution in [-0.4, -0.2) is 52.7 Å². The molecule has 9 nitrogen and oxygen atoms in total. The number of hydrogen-bond acceptors (Lipinski definition) is 7. The van der Waals surface area contributed by atoms with Crippen LogP contribution in [0, 0.1) is 17.3 Å². The second-order valence-electron chi connectivity index (χ2n) is 7.36. The number of fused-ring (bicyclic) bond motifs is 1. The summed E-state index contributed by atoms with van der Waals surface area (Å²) in [6.07, 6.45) is 10.8. The van der Waals surface area contributed by atoms with Crippen LogP contribution in [0.15, 0.2) is 43.1 Å². The standard InChI is InChI=1S/C20H18FN9/c21-18-8-17(30-13-25-26-27-30)7-15-3-6-29(20(15)18)11-16-9-24-19(10-23-16)14-1-4-28(12-22)5-2-14/h3,6-10,13-14H,1-2,4-5,11H2. The Balaban J connectivity index is 1.35. The molecule has 30 heavy (non-hydrogen) atoms. The van der Waals surface area contributed by atoms with Gasteiger partial charge in [-0.2, -0.15) is 5.26 Å². The van der Waals surface area contributed by atoms with Crippen molar-refractivity contribution in [2.45, 2.75) is 25.3 Å². The quantitative estimate of drug-likeness (QED) is 0.482. The van der Waals surface area contributed by atoms with Crippen molar-refractivity contribution in [1.82, 2.24) is 39.6 Å². The van der Waals surface area contributed by atoms with Gasteiger partial charge in [0.15, 0.2) is 6.19 Å². The molecule has 0 amide bonds. The van der Waals surface area contributed by atoms with Crippen molar-refractivity contribution in [3.05, 3.63) is 60.3 Å². The van der Waals surface area contributed by atoms with Crippen molar-refractivity contribution in [1.29, 1.82) is 5.26 Å². The molecule has 1 saturated heterocycles. The Morgan fingerprint density at radius 1 is 1.17 bits per heavy atom. The summed E-state index contributed by atoms with van der Waals surface area (Å²) in [4.78, 5) is 10.9. The van der Waals surface area contributed by atoms with Crippen molar-refractivity contribution < 1.29 is 4.39 Å². The van der Waals surface area contributed by atoms with Crippen LogP contribution in [0.25, 0.3) is 16.6 Å². The minimum atomic E-state index is -0.350. The largest absolute Gasteiger partial charge is 0.339 e. The zero-order valence-corrected chi connectivity index (χ0v) is 16.1. The van der Waals surface area contributed by atoms with E-state index < -0.39 is 0 Å². The Kier molecular flexibility index (Phi) is 4.55. The minimum Gasteiger partial charge on any atom is -0.339 e. The third-order valence-corrected chi connectivity index (χ3v) is 5.52. The summed E-state index contributed by atoms with van der Waals surface area (Å²) in [7, 11) is 0. The highest BCUT2D eigenvalue weighted by molar-refractivity contribution is 5.83. The number of rotatable bonds is 4. The predicted molar refractivity (Wildman–Crippen MR) is 105 cm³/mol. The predicted octanol–water partition coefficient (Wildman–Crippen LogP) is 2.25. The normalized spacial score (nSPS) is 14.9. The molecule has 1 aliphatic rings. The molecule has 5 rings (SSSR count). The van der Waals surface area contributed by atoms with E-state index in [0.717, 1.165) is 42.7 Å². The smallest absolute Gasteiger partial charge is 0.179 e. The van der Waals surface area contributed by atoms with Gasteiger partial charge in [-0.3, -0.25) is 9.97 Å². The molecule has 0 radical (unpaired) electrons. The molecule has 0 bridgehead atoms. The highest BCUT2D eigenvalue weighted by Gasteiger charge is 2.21. The lowest BCUT2D eigenvalue weighted by Crippen LogP contribution is -2.29. The van der Waals surface area contributed by atoms with Gasteiger partial charge < -0.3 is 9.47 Å². The maximum atomic E-state index is 14.8. The SMILES string of the molecule is N#CN1CCC(c2cnc(Cn3ccc4cc(-n5cnnn5)cc(F)c43)cn2)CC1. The molecule has 1 fully saturated rings. The van der Waals surface area contributed by atoms with E-state index in [1.807, 2.05) is 22.9 Å². The molecule has 1 aromatic carbocycles. The first-order valence-electron chi connectivity index (χ1n) is 9.68. The zero-order valence-electron chi connectivity index (χ0n) is 16.1. The van der Waals surface area contributed by atoms with Gasteiger partial charge >= 0.3 is 0 Å². The van der Waals surface area contributed by atoms with Crippen molar-refractivity contribution >= 4 is 10.9 Å². The maximum absolute atomic E-state index is 14.8. The first kappa shape index (κ1) is 18.2. The molecular weight excluding hydrogens is 385 g/mol. The second-order valence-corrected chi connectivity index (χ2v) is 7.36. The first-order chi connectivity index (χ1) is 14.7. The molecule has 4 aromatic rings. The highest BCUT2D eigenvalue weighted by atomic mass is 19.1. The zero-order chi connectivity index (χ0) is 20.5. The van der Waals surface area contributed by atoms with E-state index in [0.29, 0.717) is 23.7 Å². The summed E-state index contributed by atoms with van der Waals surface area (Å²) < 4.78 is 18.1. The lowest BCUT2D eigenvalue weighted by atomic mass is 9.94. The third kappa shape index (κ3) is 3.34. The van der Waals surface area contributed by atoms with E-state index in [1.54, 1.807) is 17.3 Å². The van der Waals surface area contributed by atoms with Crippen LogP contribution >= 0.6 is 0 Å². The van der Waals surface area contributed by atoms with Gasteiger partial charge in [0.25, 0.3) is 0 Å². The number of nitriles is 1. The molecule has 0 atom stereocenters. The lowest BCUT2D eigenvalue weighted by molar-refractivity contribution is 0.292. The molecule has 0 N–H and O–H groups in total. The monoisotopic (exact) mass is 403 g/mol. The van der Waals surface area contributed by atoms with Gasteiger partial charge in [0, 0.05) is 42.9 Å². The summed E-state index contributed by atoms with van der Waals surface area (Å²) in [5, 5.41) is 20.7. The summed E-state index contributed by atoms with van der Waals surface area (Å²) in [5.74, 6) is -0.0254. The topological polar surface area (TPSA) is 101 Å². The highest BCUT2D eigenvalue weighted by Crippen LogP contribution is 2.26. The van der Waals surface area contributed by atoms with Crippen LogP contribution in [0.3, 0.4) is 0 Å². The van der Waals surface area contributed by atoms with Crippen LogP contribution in [0.4, 0.5) is 4.39 Å². The summed E-state index contributed by atoms with van der Waals surface area (Å²) in [5.41, 5.74) is 2.77. The fourth-order valence-corrected chi connectivity index (χ4v) is 3.93. The molecule has 0 spiro atoms. The Bertz CT molecular complexity index is 1200. The average molecular weight is 403 g/mol. The number of nitrogens with zero attached hydrogens (tertiary/aromatic N) is 9. The summed E-state index contributed by atoms with van der Waals surface area (Å²) in [6.45, 7) is 1.93. The van der Waals surface area contributed by atoms with Gasteiger partial charge in [0.2, 0.25) is 0 Å². The molecule has 0 aliphatic carbocycles. The fourth-order valence-electron chi connectivity index (χ4n) is 3.93. The Labute approximate surface area is 171 Å². The van der Waals surface area contributed by atoms with Gasteiger partial charge in [0.05, 0.1) is 35.3 Å². The van der Waals surface area contributed by atoms with E-state index in [1.165, 1.54) is 17.1 Å². The van der Waals surface area contributed by atoms with E-state index in [-0.39, 0.29) is 5.82 Å². The molecule has 150 valence electrons. The minimum absolute atomic E-state index is 0.325.